The predicted molar refractivity (Wildman–Crippen MR) is 121 cm³/mol. The molecule has 0 N–H and O–H groups in total. The van der Waals surface area contributed by atoms with Gasteiger partial charge >= 0.3 is 5.63 Å². The molecule has 0 spiro atoms. The zero-order valence-corrected chi connectivity index (χ0v) is 18.6. The molecule has 31 heavy (non-hydrogen) atoms. The molecule has 2 aromatic heterocycles. The third-order valence-corrected chi connectivity index (χ3v) is 5.99. The van der Waals surface area contributed by atoms with Crippen molar-refractivity contribution in [2.45, 2.75) is 27.7 Å². The molecule has 6 nitrogen and oxygen atoms in total. The molecule has 4 rings (SSSR count). The highest BCUT2D eigenvalue weighted by Crippen LogP contribution is 2.32. The Morgan fingerprint density at radius 2 is 1.81 bits per heavy atom. The van der Waals surface area contributed by atoms with Crippen LogP contribution in [-0.4, -0.2) is 24.1 Å². The summed E-state index contributed by atoms with van der Waals surface area (Å²) in [5.74, 6) is 1.10. The molecular formula is C25H25NO5. The number of nitrogens with zero attached hydrogens (tertiary/aromatic N) is 1. The Morgan fingerprint density at radius 3 is 2.52 bits per heavy atom. The molecule has 6 heteroatoms. The molecule has 4 aromatic rings. The van der Waals surface area contributed by atoms with Crippen LogP contribution in [0, 0.1) is 27.7 Å². The normalized spacial score (nSPS) is 11.3. The Morgan fingerprint density at radius 1 is 1.06 bits per heavy atom. The average molecular weight is 419 g/mol. The number of rotatable bonds is 5. The van der Waals surface area contributed by atoms with Crippen molar-refractivity contribution >= 4 is 27.7 Å². The minimum absolute atomic E-state index is 0.127. The fraction of sp³-hybridized carbons (Fsp3) is 0.280. The number of carbonyl (C=O) groups is 1. The number of methoxy groups -OCH3 is 1. The van der Waals surface area contributed by atoms with E-state index in [0.29, 0.717) is 33.6 Å². The van der Waals surface area contributed by atoms with Crippen molar-refractivity contribution in [2.24, 2.45) is 7.05 Å². The van der Waals surface area contributed by atoms with E-state index in [2.05, 4.69) is 0 Å². The van der Waals surface area contributed by atoms with E-state index in [1.807, 2.05) is 56.7 Å². The summed E-state index contributed by atoms with van der Waals surface area (Å²) in [5.41, 5.74) is 4.74. The van der Waals surface area contributed by atoms with Crippen molar-refractivity contribution in [3.63, 3.8) is 0 Å². The summed E-state index contributed by atoms with van der Waals surface area (Å²) >= 11 is 0. The summed E-state index contributed by atoms with van der Waals surface area (Å²) in [6.07, 6.45) is 0. The van der Waals surface area contributed by atoms with E-state index < -0.39 is 0 Å². The van der Waals surface area contributed by atoms with Gasteiger partial charge in [0.15, 0.2) is 6.61 Å². The molecule has 2 aromatic carbocycles. The van der Waals surface area contributed by atoms with Gasteiger partial charge in [-0.2, -0.15) is 0 Å². The zero-order chi connectivity index (χ0) is 22.4. The first-order valence-electron chi connectivity index (χ1n) is 10.1. The molecule has 0 aliphatic heterocycles. The molecule has 0 unspecified atom stereocenters. The molecule has 0 bridgehead atoms. The Balaban J connectivity index is 1.75. The first kappa shape index (κ1) is 20.7. The van der Waals surface area contributed by atoms with Gasteiger partial charge < -0.3 is 18.5 Å². The minimum atomic E-state index is -0.363. The van der Waals surface area contributed by atoms with Gasteiger partial charge in [-0.05, 0) is 69.2 Å². The SMILES string of the molecule is COc1ccc2c(c1)c(C(=O)COc1cc(C)cc3oc(=O)c(C)c(C)c13)c(C)n2C. The monoisotopic (exact) mass is 419 g/mol. The molecular weight excluding hydrogens is 394 g/mol. The fourth-order valence-corrected chi connectivity index (χ4v) is 4.05. The maximum atomic E-state index is 13.2. The maximum Gasteiger partial charge on any atom is 0.339 e. The van der Waals surface area contributed by atoms with Crippen LogP contribution in [0.15, 0.2) is 39.5 Å². The Labute approximate surface area is 180 Å². The minimum Gasteiger partial charge on any atom is -0.497 e. The number of aromatic nitrogens is 1. The first-order chi connectivity index (χ1) is 14.7. The number of aryl methyl sites for hydroxylation is 3. The van der Waals surface area contributed by atoms with Gasteiger partial charge in [0.25, 0.3) is 0 Å². The molecule has 0 amide bonds. The number of hydrogen-bond donors (Lipinski definition) is 0. The molecule has 0 saturated heterocycles. The van der Waals surface area contributed by atoms with Crippen LogP contribution in [0.3, 0.4) is 0 Å². The summed E-state index contributed by atoms with van der Waals surface area (Å²) in [6.45, 7) is 7.27. The lowest BCUT2D eigenvalue weighted by Gasteiger charge is -2.13. The fourth-order valence-electron chi connectivity index (χ4n) is 4.05. The van der Waals surface area contributed by atoms with Crippen molar-refractivity contribution < 1.29 is 18.7 Å². The second-order valence-corrected chi connectivity index (χ2v) is 7.89. The van der Waals surface area contributed by atoms with Gasteiger partial charge in [-0.15, -0.1) is 0 Å². The second-order valence-electron chi connectivity index (χ2n) is 7.89. The largest absolute Gasteiger partial charge is 0.497 e. The third kappa shape index (κ3) is 3.38. The summed E-state index contributed by atoms with van der Waals surface area (Å²) in [7, 11) is 3.54. The van der Waals surface area contributed by atoms with E-state index in [0.717, 1.165) is 27.7 Å². The van der Waals surface area contributed by atoms with Crippen LogP contribution in [0.5, 0.6) is 11.5 Å². The van der Waals surface area contributed by atoms with Crippen molar-refractivity contribution in [3.8, 4) is 11.5 Å². The average Bonchev–Trinajstić information content (AvgIpc) is 2.99. The first-order valence-corrected chi connectivity index (χ1v) is 10.1. The third-order valence-electron chi connectivity index (χ3n) is 5.99. The van der Waals surface area contributed by atoms with E-state index in [1.165, 1.54) is 0 Å². The maximum absolute atomic E-state index is 13.2. The van der Waals surface area contributed by atoms with Crippen LogP contribution < -0.4 is 15.1 Å². The van der Waals surface area contributed by atoms with Crippen molar-refractivity contribution in [3.05, 3.63) is 68.7 Å². The number of Topliss-reactive ketones (excluding diaryl/α,β-unsaturated/α-hetero) is 1. The topological polar surface area (TPSA) is 70.7 Å². The smallest absolute Gasteiger partial charge is 0.339 e. The molecule has 0 fully saturated rings. The van der Waals surface area contributed by atoms with Gasteiger partial charge in [-0.1, -0.05) is 0 Å². The molecule has 2 heterocycles. The van der Waals surface area contributed by atoms with Crippen LogP contribution in [0.25, 0.3) is 21.9 Å². The van der Waals surface area contributed by atoms with Gasteiger partial charge in [0.1, 0.15) is 17.1 Å². The Bertz CT molecular complexity index is 1410. The molecule has 0 radical (unpaired) electrons. The number of hydrogen-bond acceptors (Lipinski definition) is 5. The van der Waals surface area contributed by atoms with Crippen LogP contribution in [0.4, 0.5) is 0 Å². The number of fused-ring (bicyclic) bond motifs is 2. The van der Waals surface area contributed by atoms with Crippen LogP contribution in [0.2, 0.25) is 0 Å². The summed E-state index contributed by atoms with van der Waals surface area (Å²) in [6, 6.07) is 9.37. The molecule has 0 aliphatic carbocycles. The number of benzene rings is 2. The lowest BCUT2D eigenvalue weighted by molar-refractivity contribution is 0.0923. The van der Waals surface area contributed by atoms with Crippen LogP contribution in [0.1, 0.15) is 32.7 Å². The molecule has 0 atom stereocenters. The lowest BCUT2D eigenvalue weighted by atomic mass is 10.0. The number of ketones is 1. The highest BCUT2D eigenvalue weighted by molar-refractivity contribution is 6.10. The lowest BCUT2D eigenvalue weighted by Crippen LogP contribution is -2.14. The van der Waals surface area contributed by atoms with Crippen molar-refractivity contribution in [1.29, 1.82) is 0 Å². The van der Waals surface area contributed by atoms with Gasteiger partial charge in [-0.3, -0.25) is 4.79 Å². The summed E-state index contributed by atoms with van der Waals surface area (Å²) in [5, 5.41) is 1.55. The van der Waals surface area contributed by atoms with Gasteiger partial charge in [0.05, 0.1) is 12.5 Å². The van der Waals surface area contributed by atoms with Gasteiger partial charge in [-0.25, -0.2) is 4.79 Å². The molecule has 0 aliphatic rings. The Hall–Kier alpha value is -3.54. The Kier molecular flexibility index (Phi) is 5.09. The second kappa shape index (κ2) is 7.61. The van der Waals surface area contributed by atoms with E-state index in [9.17, 15) is 9.59 Å². The molecule has 160 valence electrons. The quantitative estimate of drug-likeness (QED) is 0.344. The standard InChI is InChI=1S/C25H25NO5/c1-13-9-21(23-14(2)15(3)25(28)31-22(23)10-13)30-12-20(27)24-16(4)26(5)19-8-7-17(29-6)11-18(19)24/h7-11H,12H2,1-6H3. The predicted octanol–water partition coefficient (Wildman–Crippen LogP) is 4.79. The summed E-state index contributed by atoms with van der Waals surface area (Å²) in [4.78, 5) is 25.3. The summed E-state index contributed by atoms with van der Waals surface area (Å²) < 4.78 is 18.8. The van der Waals surface area contributed by atoms with E-state index >= 15 is 0 Å². The van der Waals surface area contributed by atoms with Gasteiger partial charge in [0, 0.05) is 34.8 Å². The molecule has 0 saturated carbocycles. The van der Waals surface area contributed by atoms with Crippen LogP contribution in [-0.2, 0) is 7.05 Å². The highest BCUT2D eigenvalue weighted by Gasteiger charge is 2.21. The van der Waals surface area contributed by atoms with E-state index in [1.54, 1.807) is 20.1 Å². The number of carbonyl (C=O) groups excluding carboxylic acids is 1. The number of ether oxygens (including phenoxy) is 2. The van der Waals surface area contributed by atoms with Gasteiger partial charge in [0.2, 0.25) is 5.78 Å². The zero-order valence-electron chi connectivity index (χ0n) is 18.6. The highest BCUT2D eigenvalue weighted by atomic mass is 16.5. The van der Waals surface area contributed by atoms with E-state index in [-0.39, 0.29) is 18.0 Å². The van der Waals surface area contributed by atoms with Crippen molar-refractivity contribution in [2.75, 3.05) is 13.7 Å². The van der Waals surface area contributed by atoms with Crippen molar-refractivity contribution in [1.82, 2.24) is 4.57 Å². The van der Waals surface area contributed by atoms with E-state index in [4.69, 9.17) is 13.9 Å². The van der Waals surface area contributed by atoms with Crippen LogP contribution >= 0.6 is 0 Å².